The van der Waals surface area contributed by atoms with Crippen molar-refractivity contribution in [1.82, 2.24) is 23.7 Å². The van der Waals surface area contributed by atoms with Crippen molar-refractivity contribution < 1.29 is 5.11 Å². The zero-order valence-corrected chi connectivity index (χ0v) is 21.3. The minimum atomic E-state index is -0.584. The molecule has 9 heteroatoms. The van der Waals surface area contributed by atoms with Crippen molar-refractivity contribution in [2.45, 2.75) is 59.7 Å². The molecule has 0 aliphatic carbocycles. The molecule has 3 heterocycles. The summed E-state index contributed by atoms with van der Waals surface area (Å²) in [7, 11) is 0. The van der Waals surface area contributed by atoms with Gasteiger partial charge >= 0.3 is 5.69 Å². The third kappa shape index (κ3) is 5.10. The summed E-state index contributed by atoms with van der Waals surface area (Å²) in [5.41, 5.74) is 1.49. The second-order valence-electron chi connectivity index (χ2n) is 10.7. The van der Waals surface area contributed by atoms with Gasteiger partial charge < -0.3 is 9.67 Å². The first-order valence-electron chi connectivity index (χ1n) is 11.4. The van der Waals surface area contributed by atoms with Gasteiger partial charge in [0, 0.05) is 34.4 Å². The summed E-state index contributed by atoms with van der Waals surface area (Å²) in [5.74, 6) is -0.0250. The Morgan fingerprint density at radius 3 is 2.43 bits per heavy atom. The lowest BCUT2D eigenvalue weighted by Gasteiger charge is -2.26. The molecule has 4 aromatic rings. The van der Waals surface area contributed by atoms with Gasteiger partial charge in [-0.15, -0.1) is 0 Å². The number of nitriles is 1. The molecule has 0 radical (unpaired) electrons. The van der Waals surface area contributed by atoms with Crippen LogP contribution in [0.1, 0.15) is 51.7 Å². The minimum absolute atomic E-state index is 0.0854. The third-order valence-electron chi connectivity index (χ3n) is 5.93. The molecule has 1 N–H and O–H groups in total. The molecule has 8 nitrogen and oxygen atoms in total. The largest absolute Gasteiger partial charge is 0.493 e. The van der Waals surface area contributed by atoms with E-state index in [0.717, 1.165) is 16.6 Å². The zero-order valence-electron chi connectivity index (χ0n) is 20.6. The number of aromatic nitrogens is 5. The molecule has 182 valence electrons. The number of imidazole rings is 1. The monoisotopic (exact) mass is 492 g/mol. The molecule has 0 fully saturated rings. The van der Waals surface area contributed by atoms with E-state index in [1.54, 1.807) is 10.8 Å². The molecule has 0 spiro atoms. The van der Waals surface area contributed by atoms with Crippen molar-refractivity contribution in [2.75, 3.05) is 0 Å². The van der Waals surface area contributed by atoms with Crippen LogP contribution in [0.3, 0.4) is 0 Å². The molecule has 0 bridgehead atoms. The number of halogens is 1. The molecule has 0 aliphatic heterocycles. The van der Waals surface area contributed by atoms with Crippen LogP contribution >= 0.6 is 11.6 Å². The van der Waals surface area contributed by atoms with E-state index in [4.69, 9.17) is 11.6 Å². The highest BCUT2D eigenvalue weighted by molar-refractivity contribution is 6.30. The summed E-state index contributed by atoms with van der Waals surface area (Å²) < 4.78 is 4.93. The Labute approximate surface area is 209 Å². The van der Waals surface area contributed by atoms with Crippen LogP contribution in [0.15, 0.2) is 47.5 Å². The van der Waals surface area contributed by atoms with E-state index in [0.29, 0.717) is 23.6 Å². The van der Waals surface area contributed by atoms with Crippen LogP contribution in [0.25, 0.3) is 11.0 Å². The first kappa shape index (κ1) is 24.6. The van der Waals surface area contributed by atoms with Gasteiger partial charge in [-0.1, -0.05) is 44.5 Å². The van der Waals surface area contributed by atoms with Crippen LogP contribution in [0.5, 0.6) is 5.88 Å². The maximum Gasteiger partial charge on any atom is 0.331 e. The van der Waals surface area contributed by atoms with Crippen LogP contribution in [-0.2, 0) is 25.0 Å². The maximum atomic E-state index is 13.5. The van der Waals surface area contributed by atoms with Crippen LogP contribution in [-0.4, -0.2) is 28.8 Å². The summed E-state index contributed by atoms with van der Waals surface area (Å²) in [6, 6.07) is 11.4. The van der Waals surface area contributed by atoms with Gasteiger partial charge in [0.15, 0.2) is 0 Å². The number of aromatic hydroxyl groups is 1. The second kappa shape index (κ2) is 8.90. The molecule has 0 atom stereocenters. The number of nitrogens with zero attached hydrogens (tertiary/aromatic N) is 6. The lowest BCUT2D eigenvalue weighted by atomic mass is 9.95. The molecule has 0 aliphatic rings. The van der Waals surface area contributed by atoms with Gasteiger partial charge in [-0.2, -0.15) is 5.26 Å². The van der Waals surface area contributed by atoms with Gasteiger partial charge in [0.2, 0.25) is 11.7 Å². The molecule has 1 aromatic carbocycles. The van der Waals surface area contributed by atoms with Crippen molar-refractivity contribution in [3.8, 4) is 11.9 Å². The van der Waals surface area contributed by atoms with Gasteiger partial charge in [-0.3, -0.25) is 9.13 Å². The summed E-state index contributed by atoms with van der Waals surface area (Å²) in [6.45, 7) is 11.0. The van der Waals surface area contributed by atoms with Crippen LogP contribution in [0.4, 0.5) is 0 Å². The number of benzene rings is 1. The van der Waals surface area contributed by atoms with Crippen molar-refractivity contribution in [3.05, 3.63) is 75.3 Å². The van der Waals surface area contributed by atoms with E-state index in [1.165, 1.54) is 10.8 Å². The molecular weight excluding hydrogens is 464 g/mol. The average molecular weight is 493 g/mol. The van der Waals surface area contributed by atoms with E-state index in [1.807, 2.05) is 54.8 Å². The molecule has 0 unspecified atom stereocenters. The van der Waals surface area contributed by atoms with E-state index in [2.05, 4.69) is 30.7 Å². The predicted molar refractivity (Wildman–Crippen MR) is 136 cm³/mol. The number of fused-ring (bicyclic) bond motifs is 1. The van der Waals surface area contributed by atoms with E-state index in [-0.39, 0.29) is 29.4 Å². The lowest BCUT2D eigenvalue weighted by Crippen LogP contribution is -2.38. The molecule has 0 amide bonds. The fraction of sp³-hybridized carbons (Fsp3) is 0.385. The Hall–Kier alpha value is -3.57. The van der Waals surface area contributed by atoms with Crippen molar-refractivity contribution >= 4 is 22.6 Å². The Kier molecular flexibility index (Phi) is 6.24. The molecule has 0 saturated carbocycles. The molecule has 3 aromatic heterocycles. The molecule has 4 rings (SSSR count). The van der Waals surface area contributed by atoms with Gasteiger partial charge in [0.25, 0.3) is 0 Å². The van der Waals surface area contributed by atoms with Gasteiger partial charge in [0.1, 0.15) is 11.7 Å². The molecule has 35 heavy (non-hydrogen) atoms. The topological polar surface area (TPSA) is 102 Å². The molecular formula is C26H29ClN6O2. The first-order chi connectivity index (χ1) is 16.4. The maximum absolute atomic E-state index is 13.5. The van der Waals surface area contributed by atoms with Crippen molar-refractivity contribution in [2.24, 2.45) is 5.41 Å². The Morgan fingerprint density at radius 2 is 1.80 bits per heavy atom. The Morgan fingerprint density at radius 1 is 1.11 bits per heavy atom. The fourth-order valence-corrected chi connectivity index (χ4v) is 4.45. The standard InChI is InChI=1S/C26H29ClN6O2/c1-25(2,3)16-32-20(10-18-13-29-21(12-28)30-23(18)32)14-31-22(34)15-33(24(31)35)26(4,5)11-17-6-8-19(27)9-7-17/h6-10,13,15,34H,11,14,16H2,1-5H3. The highest BCUT2D eigenvalue weighted by Gasteiger charge is 2.27. The number of hydrogen-bond donors (Lipinski definition) is 1. The SMILES string of the molecule is CC(C)(C)Cn1c(Cn2c(O)cn(C(C)(C)Cc3ccc(Cl)cc3)c2=O)cc2cnc(C#N)nc21. The quantitative estimate of drug-likeness (QED) is 0.420. The fourth-order valence-electron chi connectivity index (χ4n) is 4.33. The number of rotatable bonds is 6. The highest BCUT2D eigenvalue weighted by atomic mass is 35.5. The van der Waals surface area contributed by atoms with Gasteiger partial charge in [0.05, 0.1) is 12.7 Å². The average Bonchev–Trinajstić information content (AvgIpc) is 3.26. The third-order valence-corrected chi connectivity index (χ3v) is 6.19. The summed E-state index contributed by atoms with van der Waals surface area (Å²) in [6.07, 6.45) is 3.69. The van der Waals surface area contributed by atoms with E-state index < -0.39 is 5.54 Å². The van der Waals surface area contributed by atoms with Crippen LogP contribution < -0.4 is 5.69 Å². The molecule has 0 saturated heterocycles. The van der Waals surface area contributed by atoms with Crippen molar-refractivity contribution in [1.29, 1.82) is 5.26 Å². The summed E-state index contributed by atoms with van der Waals surface area (Å²) in [5, 5.41) is 21.5. The summed E-state index contributed by atoms with van der Waals surface area (Å²) in [4.78, 5) is 22.0. The zero-order chi connectivity index (χ0) is 25.5. The van der Waals surface area contributed by atoms with Crippen LogP contribution in [0, 0.1) is 16.7 Å². The predicted octanol–water partition coefficient (Wildman–Crippen LogP) is 4.70. The van der Waals surface area contributed by atoms with Gasteiger partial charge in [-0.25, -0.2) is 14.8 Å². The second-order valence-corrected chi connectivity index (χ2v) is 11.1. The normalized spacial score (nSPS) is 12.3. The van der Waals surface area contributed by atoms with E-state index in [9.17, 15) is 15.2 Å². The Bertz CT molecular complexity index is 1480. The van der Waals surface area contributed by atoms with Crippen LogP contribution in [0.2, 0.25) is 5.02 Å². The van der Waals surface area contributed by atoms with Gasteiger partial charge in [-0.05, 0) is 49.4 Å². The number of hydrogen-bond acceptors (Lipinski definition) is 5. The smallest absolute Gasteiger partial charge is 0.331 e. The Balaban J connectivity index is 1.74. The minimum Gasteiger partial charge on any atom is -0.493 e. The lowest BCUT2D eigenvalue weighted by molar-refractivity contribution is 0.335. The highest BCUT2D eigenvalue weighted by Crippen LogP contribution is 2.27. The summed E-state index contributed by atoms with van der Waals surface area (Å²) >= 11 is 6.01. The first-order valence-corrected chi connectivity index (χ1v) is 11.8. The van der Waals surface area contributed by atoms with Crippen molar-refractivity contribution in [3.63, 3.8) is 0 Å². The van der Waals surface area contributed by atoms with E-state index >= 15 is 0 Å².